The van der Waals surface area contributed by atoms with Crippen molar-refractivity contribution in [2.45, 2.75) is 30.6 Å². The van der Waals surface area contributed by atoms with E-state index < -0.39 is 26.6 Å². The Kier molecular flexibility index (Phi) is 9.98. The van der Waals surface area contributed by atoms with E-state index in [9.17, 15) is 17.2 Å². The first-order valence-electron chi connectivity index (χ1n) is 10.3. The van der Waals surface area contributed by atoms with Gasteiger partial charge in [0.05, 0.1) is 0 Å². The number of aryl methyl sites for hydroxylation is 3. The summed E-state index contributed by atoms with van der Waals surface area (Å²) in [4.78, 5) is 0.0631. The van der Waals surface area contributed by atoms with E-state index in [0.717, 1.165) is 23.1 Å². The standard InChI is InChI=1S/C12H10.C9H12S.C6H4F2O3S/c1-3-7-11(8-4-1)12-9-5-2-6-10-12;1-6-4-7(2)9(10)8(3)5-6;7-4-2-1-3-5(6(4)8)12(9,10)11/h1-10H;4-5,10H,1-3H3;1-3H,(H,9,10,11). The van der Waals surface area contributed by atoms with E-state index >= 15 is 0 Å². The molecule has 0 radical (unpaired) electrons. The predicted molar refractivity (Wildman–Crippen MR) is 136 cm³/mol. The number of halogens is 2. The van der Waals surface area contributed by atoms with Gasteiger partial charge in [0.1, 0.15) is 4.90 Å². The van der Waals surface area contributed by atoms with Gasteiger partial charge >= 0.3 is 0 Å². The van der Waals surface area contributed by atoms with Crippen LogP contribution in [0.2, 0.25) is 0 Å². The Bertz CT molecular complexity index is 1260. The van der Waals surface area contributed by atoms with E-state index in [1.165, 1.54) is 27.8 Å². The van der Waals surface area contributed by atoms with Crippen LogP contribution in [-0.2, 0) is 10.1 Å². The Morgan fingerprint density at radius 1 is 0.706 bits per heavy atom. The summed E-state index contributed by atoms with van der Waals surface area (Å²) in [5.74, 6) is -2.88. The smallest absolute Gasteiger partial charge is 0.282 e. The Labute approximate surface area is 205 Å². The summed E-state index contributed by atoms with van der Waals surface area (Å²) in [6.45, 7) is 6.28. The summed E-state index contributed by atoms with van der Waals surface area (Å²) < 4.78 is 54.0. The molecule has 7 heteroatoms. The number of benzene rings is 4. The van der Waals surface area contributed by atoms with E-state index in [-0.39, 0.29) is 0 Å². The third-order valence-corrected chi connectivity index (χ3v) is 6.29. The summed E-state index contributed by atoms with van der Waals surface area (Å²) >= 11 is 4.36. The first-order chi connectivity index (χ1) is 16.0. The fourth-order valence-corrected chi connectivity index (χ4v) is 3.82. The topological polar surface area (TPSA) is 54.4 Å². The number of thiol groups is 1. The number of hydrogen-bond donors (Lipinski definition) is 2. The molecule has 0 saturated heterocycles. The van der Waals surface area contributed by atoms with E-state index in [1.54, 1.807) is 0 Å². The Morgan fingerprint density at radius 2 is 1.15 bits per heavy atom. The summed E-state index contributed by atoms with van der Waals surface area (Å²) in [6, 6.07) is 27.6. The van der Waals surface area contributed by atoms with Gasteiger partial charge in [-0.05, 0) is 55.2 Å². The van der Waals surface area contributed by atoms with Crippen molar-refractivity contribution in [2.24, 2.45) is 0 Å². The number of hydrogen-bond acceptors (Lipinski definition) is 3. The van der Waals surface area contributed by atoms with Crippen LogP contribution in [-0.4, -0.2) is 13.0 Å². The maximum Gasteiger partial charge on any atom is 0.297 e. The zero-order valence-corrected chi connectivity index (χ0v) is 20.7. The summed E-state index contributed by atoms with van der Waals surface area (Å²) in [5, 5.41) is 0. The van der Waals surface area contributed by atoms with Crippen molar-refractivity contribution in [1.82, 2.24) is 0 Å². The minimum Gasteiger partial charge on any atom is -0.282 e. The van der Waals surface area contributed by atoms with Gasteiger partial charge in [-0.1, -0.05) is 84.4 Å². The zero-order chi connectivity index (χ0) is 25.3. The second-order valence-electron chi connectivity index (χ2n) is 7.51. The Morgan fingerprint density at radius 3 is 1.53 bits per heavy atom. The van der Waals surface area contributed by atoms with Gasteiger partial charge in [-0.2, -0.15) is 8.42 Å². The predicted octanol–water partition coefficient (Wildman–Crippen LogP) is 7.47. The molecule has 4 rings (SSSR count). The quantitative estimate of drug-likeness (QED) is 0.222. The minimum absolute atomic E-state index is 0.754. The fourth-order valence-electron chi connectivity index (χ4n) is 3.12. The molecule has 0 aromatic heterocycles. The van der Waals surface area contributed by atoms with Crippen molar-refractivity contribution < 1.29 is 21.8 Å². The summed E-state index contributed by atoms with van der Waals surface area (Å²) in [7, 11) is -4.67. The van der Waals surface area contributed by atoms with Gasteiger partial charge < -0.3 is 0 Å². The van der Waals surface area contributed by atoms with Crippen molar-refractivity contribution in [3.05, 3.63) is 119 Å². The van der Waals surface area contributed by atoms with E-state index in [1.807, 2.05) is 12.1 Å². The van der Waals surface area contributed by atoms with Gasteiger partial charge in [-0.3, -0.25) is 4.55 Å². The molecule has 34 heavy (non-hydrogen) atoms. The SMILES string of the molecule is Cc1cc(C)c(S)c(C)c1.O=S(=O)(O)c1cccc(F)c1F.c1ccc(-c2ccccc2)cc1. The van der Waals surface area contributed by atoms with Gasteiger partial charge in [0, 0.05) is 4.90 Å². The molecule has 4 aromatic rings. The highest BCUT2D eigenvalue weighted by Crippen LogP contribution is 2.19. The lowest BCUT2D eigenvalue weighted by Crippen LogP contribution is -2.02. The molecule has 3 nitrogen and oxygen atoms in total. The molecule has 1 N–H and O–H groups in total. The van der Waals surface area contributed by atoms with Crippen LogP contribution in [0.25, 0.3) is 11.1 Å². The fraction of sp³-hybridized carbons (Fsp3) is 0.111. The Balaban J connectivity index is 0.000000181. The molecule has 0 atom stereocenters. The second-order valence-corrected chi connectivity index (χ2v) is 9.34. The molecule has 0 saturated carbocycles. The lowest BCUT2D eigenvalue weighted by molar-refractivity contribution is 0.454. The molecule has 0 spiro atoms. The molecule has 0 bridgehead atoms. The average Bonchev–Trinajstić information content (AvgIpc) is 2.80. The molecule has 178 valence electrons. The van der Waals surface area contributed by atoms with Gasteiger partial charge in [-0.15, -0.1) is 12.6 Å². The summed E-state index contributed by atoms with van der Waals surface area (Å²) in [6.07, 6.45) is 0. The lowest BCUT2D eigenvalue weighted by Gasteiger charge is -2.03. The highest BCUT2D eigenvalue weighted by molar-refractivity contribution is 7.85. The maximum absolute atomic E-state index is 12.6. The first kappa shape index (κ1) is 27.2. The lowest BCUT2D eigenvalue weighted by atomic mass is 10.1. The van der Waals surface area contributed by atoms with Gasteiger partial charge in [-0.25, -0.2) is 8.78 Å². The largest absolute Gasteiger partial charge is 0.297 e. The average molecular weight is 501 g/mol. The Hall–Kier alpha value is -3.00. The van der Waals surface area contributed by atoms with Crippen LogP contribution in [0.1, 0.15) is 16.7 Å². The molecule has 4 aromatic carbocycles. The maximum atomic E-state index is 12.6. The number of rotatable bonds is 2. The van der Waals surface area contributed by atoms with Crippen LogP contribution >= 0.6 is 12.6 Å². The molecular formula is C27H26F2O3S2. The third-order valence-electron chi connectivity index (χ3n) is 4.71. The molecule has 0 aliphatic carbocycles. The molecule has 0 heterocycles. The van der Waals surface area contributed by atoms with Crippen molar-refractivity contribution in [1.29, 1.82) is 0 Å². The van der Waals surface area contributed by atoms with Crippen molar-refractivity contribution >= 4 is 22.7 Å². The normalized spacial score (nSPS) is 10.4. The minimum atomic E-state index is -4.67. The highest BCUT2D eigenvalue weighted by atomic mass is 32.2. The van der Waals surface area contributed by atoms with Crippen LogP contribution in [0.5, 0.6) is 0 Å². The first-order valence-corrected chi connectivity index (χ1v) is 12.2. The van der Waals surface area contributed by atoms with Crippen molar-refractivity contribution in [3.8, 4) is 11.1 Å². The van der Waals surface area contributed by atoms with E-state index in [4.69, 9.17) is 4.55 Å². The molecule has 0 aliphatic rings. The van der Waals surface area contributed by atoms with E-state index in [0.29, 0.717) is 0 Å². The van der Waals surface area contributed by atoms with Crippen LogP contribution in [0, 0.1) is 32.4 Å². The van der Waals surface area contributed by atoms with E-state index in [2.05, 4.69) is 94.1 Å². The molecule has 0 aliphatic heterocycles. The van der Waals surface area contributed by atoms with Crippen LogP contribution < -0.4 is 0 Å². The van der Waals surface area contributed by atoms with Gasteiger partial charge in [0.2, 0.25) is 0 Å². The second kappa shape index (κ2) is 12.5. The van der Waals surface area contributed by atoms with Crippen LogP contribution in [0.15, 0.2) is 101 Å². The van der Waals surface area contributed by atoms with Crippen LogP contribution in [0.3, 0.4) is 0 Å². The molecule has 0 fully saturated rings. The molecular weight excluding hydrogens is 474 g/mol. The molecule has 0 unspecified atom stereocenters. The van der Waals surface area contributed by atoms with Crippen molar-refractivity contribution in [2.75, 3.05) is 0 Å². The highest BCUT2D eigenvalue weighted by Gasteiger charge is 2.18. The van der Waals surface area contributed by atoms with Crippen molar-refractivity contribution in [3.63, 3.8) is 0 Å². The summed E-state index contributed by atoms with van der Waals surface area (Å²) in [5.41, 5.74) is 6.39. The van der Waals surface area contributed by atoms with Gasteiger partial charge in [0.15, 0.2) is 11.6 Å². The third kappa shape index (κ3) is 8.09. The monoisotopic (exact) mass is 500 g/mol. The van der Waals surface area contributed by atoms with Gasteiger partial charge in [0.25, 0.3) is 10.1 Å². The molecule has 0 amide bonds. The van der Waals surface area contributed by atoms with Crippen LogP contribution in [0.4, 0.5) is 8.78 Å². The zero-order valence-electron chi connectivity index (χ0n) is 19.0.